The molecule has 0 radical (unpaired) electrons. The molecule has 2 nitrogen and oxygen atoms in total. The van der Waals surface area contributed by atoms with Gasteiger partial charge in [-0.05, 0) is 171 Å². The van der Waals surface area contributed by atoms with Crippen molar-refractivity contribution in [1.82, 2.24) is 0 Å². The summed E-state index contributed by atoms with van der Waals surface area (Å²) in [5.74, 6) is 0. The molecule has 0 heterocycles. The van der Waals surface area contributed by atoms with Gasteiger partial charge in [-0.1, -0.05) is 218 Å². The molecule has 0 aromatic heterocycles. The first-order chi connectivity index (χ1) is 36.7. The lowest BCUT2D eigenvalue weighted by Gasteiger charge is -2.28. The van der Waals surface area contributed by atoms with Gasteiger partial charge in [0.05, 0.1) is 0 Å². The Morgan fingerprint density at radius 3 is 0.784 bits per heavy atom. The van der Waals surface area contributed by atoms with Crippen LogP contribution in [0, 0.1) is 0 Å². The molecule has 0 aliphatic carbocycles. The summed E-state index contributed by atoms with van der Waals surface area (Å²) < 4.78 is 0. The van der Waals surface area contributed by atoms with Crippen molar-refractivity contribution in [1.29, 1.82) is 0 Å². The molecule has 0 bridgehead atoms. The molecule has 0 unspecified atom stereocenters. The summed E-state index contributed by atoms with van der Waals surface area (Å²) in [4.78, 5) is 4.86. The number of anilines is 6. The molecule has 14 aromatic rings. The van der Waals surface area contributed by atoms with Crippen LogP contribution in [0.1, 0.15) is 0 Å². The average molecular weight is 941 g/mol. The SMILES string of the molecule is c1ccc(-c2ccc(-c3c4ccc(N(c5ccc6ccccc6c5)c5ccc6ccccc6c5)cc4c(-c4ccccc4)c4ccc(N(c5ccc6ccccc6c5)c5ccc6ccccc6c5)cc34)cc2)cc1. The number of benzene rings is 14. The molecule has 0 atom stereocenters. The van der Waals surface area contributed by atoms with E-state index < -0.39 is 0 Å². The van der Waals surface area contributed by atoms with Crippen molar-refractivity contribution in [2.24, 2.45) is 0 Å². The van der Waals surface area contributed by atoms with Gasteiger partial charge in [-0.2, -0.15) is 0 Å². The van der Waals surface area contributed by atoms with Crippen LogP contribution in [-0.4, -0.2) is 0 Å². The van der Waals surface area contributed by atoms with E-state index in [1.54, 1.807) is 0 Å². The van der Waals surface area contributed by atoms with E-state index in [-0.39, 0.29) is 0 Å². The first-order valence-corrected chi connectivity index (χ1v) is 25.5. The van der Waals surface area contributed by atoms with E-state index in [0.717, 1.165) is 39.7 Å². The maximum atomic E-state index is 2.44. The molecule has 2 heteroatoms. The van der Waals surface area contributed by atoms with Crippen molar-refractivity contribution in [3.63, 3.8) is 0 Å². The molecule has 0 fully saturated rings. The fourth-order valence-electron chi connectivity index (χ4n) is 11.3. The Morgan fingerprint density at radius 1 is 0.162 bits per heavy atom. The van der Waals surface area contributed by atoms with Gasteiger partial charge in [-0.3, -0.25) is 0 Å². The highest BCUT2D eigenvalue weighted by atomic mass is 15.1. The Kier molecular flexibility index (Phi) is 10.6. The van der Waals surface area contributed by atoms with Crippen LogP contribution in [0.25, 0.3) is 98.0 Å². The molecule has 14 aromatic carbocycles. The summed E-state index contributed by atoms with van der Waals surface area (Å²) in [5.41, 5.74) is 13.7. The molecule has 74 heavy (non-hydrogen) atoms. The Hall–Kier alpha value is -9.76. The summed E-state index contributed by atoms with van der Waals surface area (Å²) in [6.45, 7) is 0. The molecule has 0 N–H and O–H groups in total. The van der Waals surface area contributed by atoms with Gasteiger partial charge >= 0.3 is 0 Å². The smallest absolute Gasteiger partial charge is 0.0468 e. The van der Waals surface area contributed by atoms with Gasteiger partial charge in [-0.15, -0.1) is 0 Å². The third kappa shape index (κ3) is 7.69. The van der Waals surface area contributed by atoms with E-state index in [9.17, 15) is 0 Å². The van der Waals surface area contributed by atoms with Crippen molar-refractivity contribution < 1.29 is 0 Å². The predicted molar refractivity (Wildman–Crippen MR) is 317 cm³/mol. The normalized spacial score (nSPS) is 11.5. The Morgan fingerprint density at radius 2 is 0.419 bits per heavy atom. The van der Waals surface area contributed by atoms with E-state index in [0.29, 0.717) is 0 Å². The summed E-state index contributed by atoms with van der Waals surface area (Å²) in [5, 5.41) is 14.4. The zero-order valence-corrected chi connectivity index (χ0v) is 40.6. The lowest BCUT2D eigenvalue weighted by molar-refractivity contribution is 1.30. The van der Waals surface area contributed by atoms with Crippen molar-refractivity contribution in [2.45, 2.75) is 0 Å². The van der Waals surface area contributed by atoms with Crippen LogP contribution in [0.4, 0.5) is 34.1 Å². The Labute approximate surface area is 430 Å². The minimum atomic E-state index is 1.08. The topological polar surface area (TPSA) is 6.48 Å². The molecule has 0 aliphatic heterocycles. The summed E-state index contributed by atoms with van der Waals surface area (Å²) >= 11 is 0. The van der Waals surface area contributed by atoms with Gasteiger partial charge in [0.1, 0.15) is 0 Å². The molecule has 0 aliphatic rings. The summed E-state index contributed by atoms with van der Waals surface area (Å²) in [6, 6.07) is 107. The number of nitrogens with zero attached hydrogens (tertiary/aromatic N) is 2. The third-order valence-corrected chi connectivity index (χ3v) is 14.9. The van der Waals surface area contributed by atoms with E-state index in [1.165, 1.54) is 92.5 Å². The van der Waals surface area contributed by atoms with Gasteiger partial charge < -0.3 is 9.80 Å². The van der Waals surface area contributed by atoms with Crippen LogP contribution < -0.4 is 9.80 Å². The van der Waals surface area contributed by atoms with Gasteiger partial charge in [-0.25, -0.2) is 0 Å². The van der Waals surface area contributed by atoms with Crippen LogP contribution in [0.3, 0.4) is 0 Å². The predicted octanol–water partition coefficient (Wildman–Crippen LogP) is 20.5. The van der Waals surface area contributed by atoms with E-state index in [1.807, 2.05) is 0 Å². The average Bonchev–Trinajstić information content (AvgIpc) is 3.47. The van der Waals surface area contributed by atoms with Crippen molar-refractivity contribution >= 4 is 98.8 Å². The van der Waals surface area contributed by atoms with Crippen LogP contribution >= 0.6 is 0 Å². The Balaban J connectivity index is 1.05. The highest BCUT2D eigenvalue weighted by Gasteiger charge is 2.23. The van der Waals surface area contributed by atoms with Gasteiger partial charge in [0.2, 0.25) is 0 Å². The van der Waals surface area contributed by atoms with Crippen LogP contribution in [0.2, 0.25) is 0 Å². The largest absolute Gasteiger partial charge is 0.310 e. The fourth-order valence-corrected chi connectivity index (χ4v) is 11.3. The number of rotatable bonds is 9. The molecule has 0 spiro atoms. The second-order valence-corrected chi connectivity index (χ2v) is 19.3. The first kappa shape index (κ1) is 43.1. The second kappa shape index (κ2) is 18.1. The van der Waals surface area contributed by atoms with E-state index in [2.05, 4.69) is 301 Å². The summed E-state index contributed by atoms with van der Waals surface area (Å²) in [6.07, 6.45) is 0. The summed E-state index contributed by atoms with van der Waals surface area (Å²) in [7, 11) is 0. The van der Waals surface area contributed by atoms with Crippen LogP contribution in [0.5, 0.6) is 0 Å². The molecule has 0 saturated carbocycles. The maximum Gasteiger partial charge on any atom is 0.0468 e. The van der Waals surface area contributed by atoms with E-state index in [4.69, 9.17) is 0 Å². The molecule has 0 saturated heterocycles. The Bertz CT molecular complexity index is 4270. The van der Waals surface area contributed by atoms with Crippen molar-refractivity contribution in [3.8, 4) is 33.4 Å². The molecular weight excluding hydrogens is 893 g/mol. The van der Waals surface area contributed by atoms with Crippen LogP contribution in [0.15, 0.2) is 291 Å². The molecule has 14 rings (SSSR count). The highest BCUT2D eigenvalue weighted by molar-refractivity contribution is 6.23. The van der Waals surface area contributed by atoms with Gasteiger partial charge in [0.15, 0.2) is 0 Å². The maximum absolute atomic E-state index is 2.44. The number of hydrogen-bond acceptors (Lipinski definition) is 2. The highest BCUT2D eigenvalue weighted by Crippen LogP contribution is 2.49. The van der Waals surface area contributed by atoms with Gasteiger partial charge in [0, 0.05) is 34.1 Å². The minimum Gasteiger partial charge on any atom is -0.310 e. The quantitative estimate of drug-likeness (QED) is 0.133. The number of fused-ring (bicyclic) bond motifs is 6. The monoisotopic (exact) mass is 940 g/mol. The van der Waals surface area contributed by atoms with Gasteiger partial charge in [0.25, 0.3) is 0 Å². The number of hydrogen-bond donors (Lipinski definition) is 0. The molecule has 346 valence electrons. The standard InChI is InChI=1S/C72H48N2/c1-3-15-49(16-4-1)54-27-29-56(30-28-54)72-68-42-40-65(73(61-35-31-50-17-7-11-23-57(50)43-61)62-36-32-51-18-8-12-24-58(51)44-62)47-69(68)71(55-21-5-2-6-22-55)67-41-39-66(48-70(67)72)74(63-37-33-52-19-9-13-25-59(52)45-63)64-38-34-53-20-10-14-26-60(53)46-64/h1-48H. The zero-order valence-electron chi connectivity index (χ0n) is 40.6. The fraction of sp³-hybridized carbons (Fsp3) is 0. The lowest BCUT2D eigenvalue weighted by Crippen LogP contribution is -2.10. The minimum absolute atomic E-state index is 1.08. The van der Waals surface area contributed by atoms with Crippen LogP contribution in [-0.2, 0) is 0 Å². The van der Waals surface area contributed by atoms with Crippen molar-refractivity contribution in [2.75, 3.05) is 9.80 Å². The first-order valence-electron chi connectivity index (χ1n) is 25.5. The molecule has 0 amide bonds. The third-order valence-electron chi connectivity index (χ3n) is 14.9. The van der Waals surface area contributed by atoms with Crippen molar-refractivity contribution in [3.05, 3.63) is 291 Å². The zero-order chi connectivity index (χ0) is 49.0. The lowest BCUT2D eigenvalue weighted by atomic mass is 9.85. The van der Waals surface area contributed by atoms with E-state index >= 15 is 0 Å². The second-order valence-electron chi connectivity index (χ2n) is 19.3. The molecular formula is C72H48N2.